The molecule has 1 spiro atoms. The van der Waals surface area contributed by atoms with Crippen LogP contribution >= 0.6 is 0 Å². The van der Waals surface area contributed by atoms with E-state index in [1.54, 1.807) is 7.11 Å². The Bertz CT molecular complexity index is 877. The standard InChI is InChI=1S/C23H42N6O4S/c1-28-21-15(10-25-28)3-4-18(33-2)20(21)27-34(31,32)17-11-26-29(12-17)19-9-16(5-8-24-19)23(30)13-22(14-23)6-7-22/h15-21,24-27,30H,3-14H2,1-2H3. The minimum Gasteiger partial charge on any atom is -0.390 e. The van der Waals surface area contributed by atoms with E-state index >= 15 is 0 Å². The quantitative estimate of drug-likeness (QED) is 0.325. The van der Waals surface area contributed by atoms with Gasteiger partial charge in [-0.2, -0.15) is 0 Å². The number of hydrogen-bond acceptors (Lipinski definition) is 9. The first-order valence-electron chi connectivity index (χ1n) is 13.2. The maximum Gasteiger partial charge on any atom is 0.217 e. The first-order chi connectivity index (χ1) is 16.2. The number of methoxy groups -OCH3 is 1. The first kappa shape index (κ1) is 24.0. The van der Waals surface area contributed by atoms with Gasteiger partial charge in [-0.25, -0.2) is 23.2 Å². The van der Waals surface area contributed by atoms with Gasteiger partial charge in [0.05, 0.1) is 23.9 Å². The third-order valence-corrected chi connectivity index (χ3v) is 11.7. The molecule has 7 unspecified atom stereocenters. The Morgan fingerprint density at radius 1 is 1.12 bits per heavy atom. The van der Waals surface area contributed by atoms with Gasteiger partial charge in [-0.3, -0.25) is 10.9 Å². The molecule has 0 aromatic carbocycles. The van der Waals surface area contributed by atoms with Crippen molar-refractivity contribution in [3.05, 3.63) is 0 Å². The van der Waals surface area contributed by atoms with Gasteiger partial charge in [-0.15, -0.1) is 0 Å². The van der Waals surface area contributed by atoms with Crippen LogP contribution in [0.5, 0.6) is 0 Å². The topological polar surface area (TPSA) is 118 Å². The summed E-state index contributed by atoms with van der Waals surface area (Å²) in [5.74, 6) is 0.713. The van der Waals surface area contributed by atoms with Gasteiger partial charge in [0, 0.05) is 39.8 Å². The van der Waals surface area contributed by atoms with Crippen molar-refractivity contribution >= 4 is 10.0 Å². The summed E-state index contributed by atoms with van der Waals surface area (Å²) in [7, 11) is 0.131. The highest BCUT2D eigenvalue weighted by Gasteiger charge is 2.63. The lowest BCUT2D eigenvalue weighted by Crippen LogP contribution is -2.61. The zero-order chi connectivity index (χ0) is 23.7. The number of likely N-dealkylation sites (N-methyl/N-ethyl adjacent to an activating group) is 1. The zero-order valence-electron chi connectivity index (χ0n) is 20.5. The molecule has 6 rings (SSSR count). The molecule has 194 valence electrons. The SMILES string of the molecule is COC1CCC2CNN(C)C2C1NS(=O)(=O)C1CNN(C2CC(C3(O)CC4(CC4)C3)CCN2)C1. The molecule has 3 aliphatic heterocycles. The Labute approximate surface area is 203 Å². The average Bonchev–Trinajstić information content (AvgIpc) is 3.23. The number of hydrazine groups is 2. The molecule has 5 N–H and O–H groups in total. The van der Waals surface area contributed by atoms with Crippen molar-refractivity contribution in [2.75, 3.05) is 40.3 Å². The molecule has 0 radical (unpaired) electrons. The number of sulfonamides is 1. The van der Waals surface area contributed by atoms with Crippen LogP contribution in [0.2, 0.25) is 0 Å². The molecule has 7 atom stereocenters. The van der Waals surface area contributed by atoms with Gasteiger partial charge < -0.3 is 15.2 Å². The normalized spacial score (nSPS) is 44.1. The Hall–Kier alpha value is -0.370. The summed E-state index contributed by atoms with van der Waals surface area (Å²) in [6, 6.07) is -0.166. The van der Waals surface area contributed by atoms with Crippen molar-refractivity contribution in [3.8, 4) is 0 Å². The van der Waals surface area contributed by atoms with Crippen LogP contribution < -0.4 is 20.9 Å². The molecular weight excluding hydrogens is 456 g/mol. The Kier molecular flexibility index (Phi) is 6.07. The lowest BCUT2D eigenvalue weighted by atomic mass is 9.60. The van der Waals surface area contributed by atoms with Gasteiger partial charge in [-0.05, 0) is 75.2 Å². The van der Waals surface area contributed by atoms with Crippen molar-refractivity contribution in [1.82, 2.24) is 30.9 Å². The molecule has 6 fully saturated rings. The zero-order valence-corrected chi connectivity index (χ0v) is 21.3. The fraction of sp³-hybridized carbons (Fsp3) is 1.00. The smallest absolute Gasteiger partial charge is 0.217 e. The van der Waals surface area contributed by atoms with Gasteiger partial charge in [-0.1, -0.05) is 0 Å². The van der Waals surface area contributed by atoms with Gasteiger partial charge in [0.25, 0.3) is 0 Å². The molecule has 10 nitrogen and oxygen atoms in total. The molecule has 6 aliphatic rings. The first-order valence-corrected chi connectivity index (χ1v) is 14.7. The molecule has 0 aromatic heterocycles. The van der Waals surface area contributed by atoms with E-state index in [2.05, 4.69) is 30.9 Å². The van der Waals surface area contributed by atoms with E-state index in [1.807, 2.05) is 7.05 Å². The average molecular weight is 499 g/mol. The molecule has 3 saturated heterocycles. The van der Waals surface area contributed by atoms with E-state index in [0.717, 1.165) is 51.6 Å². The fourth-order valence-corrected chi connectivity index (χ4v) is 9.30. The summed E-state index contributed by atoms with van der Waals surface area (Å²) in [4.78, 5) is 0. The molecule has 11 heteroatoms. The van der Waals surface area contributed by atoms with E-state index in [0.29, 0.717) is 24.4 Å². The van der Waals surface area contributed by atoms with E-state index in [9.17, 15) is 13.5 Å². The lowest BCUT2D eigenvalue weighted by molar-refractivity contribution is -0.143. The highest BCUT2D eigenvalue weighted by atomic mass is 32.2. The Morgan fingerprint density at radius 3 is 2.65 bits per heavy atom. The number of aliphatic hydroxyl groups is 1. The summed E-state index contributed by atoms with van der Waals surface area (Å²) < 4.78 is 35.8. The van der Waals surface area contributed by atoms with Crippen LogP contribution in [0.4, 0.5) is 0 Å². The molecule has 0 amide bonds. The summed E-state index contributed by atoms with van der Waals surface area (Å²) in [6.07, 6.45) is 8.16. The highest BCUT2D eigenvalue weighted by Crippen LogP contribution is 2.67. The number of rotatable bonds is 6. The van der Waals surface area contributed by atoms with E-state index < -0.39 is 20.9 Å². The van der Waals surface area contributed by atoms with E-state index in [1.165, 1.54) is 12.8 Å². The van der Waals surface area contributed by atoms with Gasteiger partial charge in [0.15, 0.2) is 0 Å². The number of nitrogens with one attached hydrogen (secondary N) is 4. The monoisotopic (exact) mass is 498 g/mol. The maximum atomic E-state index is 13.5. The van der Waals surface area contributed by atoms with E-state index in [-0.39, 0.29) is 30.3 Å². The highest BCUT2D eigenvalue weighted by molar-refractivity contribution is 7.90. The maximum absolute atomic E-state index is 13.5. The van der Waals surface area contributed by atoms with Gasteiger partial charge in [0.2, 0.25) is 10.0 Å². The van der Waals surface area contributed by atoms with Gasteiger partial charge >= 0.3 is 0 Å². The van der Waals surface area contributed by atoms with Crippen LogP contribution in [0, 0.1) is 17.3 Å². The second kappa shape index (κ2) is 8.59. The number of piperidine rings is 1. The predicted octanol–water partition coefficient (Wildman–Crippen LogP) is -0.662. The van der Waals surface area contributed by atoms with Crippen LogP contribution in [-0.2, 0) is 14.8 Å². The predicted molar refractivity (Wildman–Crippen MR) is 128 cm³/mol. The fourth-order valence-electron chi connectivity index (χ4n) is 7.78. The number of ether oxygens (including phenoxy) is 1. The minimum atomic E-state index is -3.54. The van der Waals surface area contributed by atoms with Crippen LogP contribution in [0.3, 0.4) is 0 Å². The van der Waals surface area contributed by atoms with Crippen LogP contribution in [0.25, 0.3) is 0 Å². The molecule has 34 heavy (non-hydrogen) atoms. The third-order valence-electron chi connectivity index (χ3n) is 9.92. The summed E-state index contributed by atoms with van der Waals surface area (Å²) in [6.45, 7) is 2.59. The second-order valence-electron chi connectivity index (χ2n) is 12.0. The Balaban J connectivity index is 1.09. The van der Waals surface area contributed by atoms with Crippen LogP contribution in [0.15, 0.2) is 0 Å². The van der Waals surface area contributed by atoms with E-state index in [4.69, 9.17) is 4.74 Å². The van der Waals surface area contributed by atoms with Gasteiger partial charge in [0.1, 0.15) is 5.25 Å². The number of nitrogens with zero attached hydrogens (tertiary/aromatic N) is 2. The molecule has 3 aliphatic carbocycles. The van der Waals surface area contributed by atoms with Crippen LogP contribution in [-0.4, -0.2) is 99.1 Å². The van der Waals surface area contributed by atoms with Crippen molar-refractivity contribution in [1.29, 1.82) is 0 Å². The second-order valence-corrected chi connectivity index (χ2v) is 14.0. The van der Waals surface area contributed by atoms with Crippen molar-refractivity contribution in [2.24, 2.45) is 17.3 Å². The third kappa shape index (κ3) is 4.14. The summed E-state index contributed by atoms with van der Waals surface area (Å²) >= 11 is 0. The molecule has 0 aromatic rings. The number of fused-ring (bicyclic) bond motifs is 1. The minimum absolute atomic E-state index is 0.0506. The molecule has 3 saturated carbocycles. The van der Waals surface area contributed by atoms with Crippen molar-refractivity contribution < 1.29 is 18.3 Å². The Morgan fingerprint density at radius 2 is 1.91 bits per heavy atom. The molecule has 0 bridgehead atoms. The van der Waals surface area contributed by atoms with Crippen molar-refractivity contribution in [3.63, 3.8) is 0 Å². The van der Waals surface area contributed by atoms with Crippen molar-refractivity contribution in [2.45, 2.75) is 86.6 Å². The lowest BCUT2D eigenvalue weighted by Gasteiger charge is -2.52. The molecular formula is C23H42N6O4S. The van der Waals surface area contributed by atoms with Crippen LogP contribution in [0.1, 0.15) is 51.4 Å². The summed E-state index contributed by atoms with van der Waals surface area (Å²) in [5.41, 5.74) is 6.67. The number of hydrogen-bond donors (Lipinski definition) is 5. The molecule has 3 heterocycles. The largest absolute Gasteiger partial charge is 0.390 e. The summed E-state index contributed by atoms with van der Waals surface area (Å²) in [5, 5.41) is 18.3.